The van der Waals surface area contributed by atoms with Crippen LogP contribution < -0.4 is 5.32 Å². The third-order valence-corrected chi connectivity index (χ3v) is 3.98. The van der Waals surface area contributed by atoms with Gasteiger partial charge in [-0.3, -0.25) is 4.79 Å². The quantitative estimate of drug-likeness (QED) is 0.844. The first-order valence-electron chi connectivity index (χ1n) is 7.91. The second-order valence-corrected chi connectivity index (χ2v) is 6.04. The molecule has 1 saturated heterocycles. The van der Waals surface area contributed by atoms with Crippen LogP contribution in [0.4, 0.5) is 0 Å². The molecule has 1 aromatic rings. The summed E-state index contributed by atoms with van der Waals surface area (Å²) in [4.78, 5) is 14.4. The molecule has 1 amide bonds. The Morgan fingerprint density at radius 2 is 2.14 bits per heavy atom. The van der Waals surface area contributed by atoms with Gasteiger partial charge < -0.3 is 10.2 Å². The molecule has 1 aromatic carbocycles. The van der Waals surface area contributed by atoms with Crippen molar-refractivity contribution in [3.05, 3.63) is 42.0 Å². The van der Waals surface area contributed by atoms with Gasteiger partial charge in [0.2, 0.25) is 5.91 Å². The lowest BCUT2D eigenvalue weighted by atomic mass is 9.98. The maximum atomic E-state index is 12.5. The third-order valence-electron chi connectivity index (χ3n) is 3.98. The summed E-state index contributed by atoms with van der Waals surface area (Å²) < 4.78 is 0. The van der Waals surface area contributed by atoms with E-state index in [0.717, 1.165) is 25.2 Å². The Balaban J connectivity index is 1.96. The Kier molecular flexibility index (Phi) is 6.00. The first-order valence-corrected chi connectivity index (χ1v) is 7.91. The minimum atomic E-state index is 0.111. The molecule has 1 fully saturated rings. The molecule has 21 heavy (non-hydrogen) atoms. The minimum Gasteiger partial charge on any atom is -0.336 e. The molecule has 0 spiro atoms. The number of carbonyl (C=O) groups excluding carboxylic acids is 1. The van der Waals surface area contributed by atoms with Crippen LogP contribution in [0.2, 0.25) is 0 Å². The zero-order valence-electron chi connectivity index (χ0n) is 13.1. The summed E-state index contributed by atoms with van der Waals surface area (Å²) in [6, 6.07) is 10.2. The van der Waals surface area contributed by atoms with Gasteiger partial charge in [0.15, 0.2) is 0 Å². The van der Waals surface area contributed by atoms with E-state index in [0.29, 0.717) is 5.92 Å². The monoisotopic (exact) mass is 286 g/mol. The Hall–Kier alpha value is -1.61. The van der Waals surface area contributed by atoms with Crippen LogP contribution in [0.5, 0.6) is 0 Å². The Bertz CT molecular complexity index is 461. The van der Waals surface area contributed by atoms with Crippen molar-refractivity contribution in [2.45, 2.75) is 32.7 Å². The lowest BCUT2D eigenvalue weighted by molar-refractivity contribution is -0.128. The molecule has 0 bridgehead atoms. The fourth-order valence-electron chi connectivity index (χ4n) is 2.74. The maximum Gasteiger partial charge on any atom is 0.246 e. The predicted octanol–water partition coefficient (Wildman–Crippen LogP) is 2.94. The molecule has 1 heterocycles. The summed E-state index contributed by atoms with van der Waals surface area (Å²) >= 11 is 0. The standard InChI is InChI=1S/C18H26N2O/c1-15(2)20(14-17-9-6-12-19-13-17)18(21)11-10-16-7-4-3-5-8-16/h3-5,7-8,10-11,15,17,19H,6,9,12-14H2,1-2H3/b11-10+. The largest absolute Gasteiger partial charge is 0.336 e. The van der Waals surface area contributed by atoms with E-state index in [2.05, 4.69) is 19.2 Å². The predicted molar refractivity (Wildman–Crippen MR) is 87.9 cm³/mol. The van der Waals surface area contributed by atoms with Crippen LogP contribution in [0.1, 0.15) is 32.3 Å². The molecular formula is C18H26N2O. The molecule has 0 aromatic heterocycles. The molecule has 1 N–H and O–H groups in total. The SMILES string of the molecule is CC(C)N(CC1CCCNC1)C(=O)/C=C/c1ccccc1. The summed E-state index contributed by atoms with van der Waals surface area (Å²) in [5.74, 6) is 0.689. The van der Waals surface area contributed by atoms with Crippen LogP contribution in [-0.2, 0) is 4.79 Å². The normalized spacial score (nSPS) is 19.1. The number of hydrogen-bond donors (Lipinski definition) is 1. The highest BCUT2D eigenvalue weighted by atomic mass is 16.2. The molecule has 3 nitrogen and oxygen atoms in total. The Morgan fingerprint density at radius 3 is 2.76 bits per heavy atom. The van der Waals surface area contributed by atoms with Gasteiger partial charge in [-0.25, -0.2) is 0 Å². The van der Waals surface area contributed by atoms with Crippen molar-refractivity contribution in [2.24, 2.45) is 5.92 Å². The van der Waals surface area contributed by atoms with E-state index in [-0.39, 0.29) is 11.9 Å². The summed E-state index contributed by atoms with van der Waals surface area (Å²) in [7, 11) is 0. The molecule has 114 valence electrons. The van der Waals surface area contributed by atoms with Crippen LogP contribution >= 0.6 is 0 Å². The van der Waals surface area contributed by atoms with E-state index < -0.39 is 0 Å². The van der Waals surface area contributed by atoms with Crippen LogP contribution in [0.25, 0.3) is 6.08 Å². The topological polar surface area (TPSA) is 32.3 Å². The second-order valence-electron chi connectivity index (χ2n) is 6.04. The number of nitrogens with zero attached hydrogens (tertiary/aromatic N) is 1. The number of piperidine rings is 1. The van der Waals surface area contributed by atoms with E-state index in [1.165, 1.54) is 12.8 Å². The fourth-order valence-corrected chi connectivity index (χ4v) is 2.74. The molecule has 2 rings (SSSR count). The van der Waals surface area contributed by atoms with Gasteiger partial charge in [-0.05, 0) is 57.3 Å². The smallest absolute Gasteiger partial charge is 0.246 e. The molecule has 1 aliphatic heterocycles. The van der Waals surface area contributed by atoms with Gasteiger partial charge in [-0.1, -0.05) is 30.3 Å². The molecule has 0 saturated carbocycles. The summed E-state index contributed by atoms with van der Waals surface area (Å²) in [6.45, 7) is 7.16. The van der Waals surface area contributed by atoms with Crippen molar-refractivity contribution >= 4 is 12.0 Å². The zero-order chi connectivity index (χ0) is 15.1. The van der Waals surface area contributed by atoms with E-state index in [9.17, 15) is 4.79 Å². The van der Waals surface area contributed by atoms with Gasteiger partial charge >= 0.3 is 0 Å². The number of nitrogens with one attached hydrogen (secondary N) is 1. The van der Waals surface area contributed by atoms with E-state index >= 15 is 0 Å². The molecular weight excluding hydrogens is 260 g/mol. The Morgan fingerprint density at radius 1 is 1.38 bits per heavy atom. The van der Waals surface area contributed by atoms with Crippen LogP contribution in [0.15, 0.2) is 36.4 Å². The zero-order valence-corrected chi connectivity index (χ0v) is 13.1. The van der Waals surface area contributed by atoms with E-state index in [4.69, 9.17) is 0 Å². The third kappa shape index (κ3) is 5.01. The average Bonchev–Trinajstić information content (AvgIpc) is 2.52. The number of amides is 1. The van der Waals surface area contributed by atoms with Crippen molar-refractivity contribution in [3.8, 4) is 0 Å². The van der Waals surface area contributed by atoms with E-state index in [1.807, 2.05) is 41.3 Å². The van der Waals surface area contributed by atoms with Gasteiger partial charge in [0.25, 0.3) is 0 Å². The van der Waals surface area contributed by atoms with Crippen LogP contribution in [0.3, 0.4) is 0 Å². The second kappa shape index (κ2) is 7.99. The highest BCUT2D eigenvalue weighted by molar-refractivity contribution is 5.92. The molecule has 0 radical (unpaired) electrons. The van der Waals surface area contributed by atoms with E-state index in [1.54, 1.807) is 6.08 Å². The van der Waals surface area contributed by atoms with Gasteiger partial charge in [-0.2, -0.15) is 0 Å². The molecule has 1 atom stereocenters. The van der Waals surface area contributed by atoms with Gasteiger partial charge in [0, 0.05) is 18.7 Å². The molecule has 0 aliphatic carbocycles. The number of hydrogen-bond acceptors (Lipinski definition) is 2. The first-order chi connectivity index (χ1) is 10.2. The summed E-state index contributed by atoms with van der Waals surface area (Å²) in [6.07, 6.45) is 6.03. The van der Waals surface area contributed by atoms with Crippen molar-refractivity contribution < 1.29 is 4.79 Å². The highest BCUT2D eigenvalue weighted by Gasteiger charge is 2.21. The minimum absolute atomic E-state index is 0.111. The van der Waals surface area contributed by atoms with Crippen LogP contribution in [0, 0.1) is 5.92 Å². The lowest BCUT2D eigenvalue weighted by Crippen LogP contribution is -2.43. The van der Waals surface area contributed by atoms with Crippen molar-refractivity contribution in [2.75, 3.05) is 19.6 Å². The maximum absolute atomic E-state index is 12.5. The molecule has 1 unspecified atom stereocenters. The molecule has 3 heteroatoms. The van der Waals surface area contributed by atoms with Crippen molar-refractivity contribution in [1.29, 1.82) is 0 Å². The first kappa shape index (κ1) is 15.8. The lowest BCUT2D eigenvalue weighted by Gasteiger charge is -2.32. The molecule has 1 aliphatic rings. The van der Waals surface area contributed by atoms with Crippen molar-refractivity contribution in [1.82, 2.24) is 10.2 Å². The van der Waals surface area contributed by atoms with Gasteiger partial charge in [0.1, 0.15) is 0 Å². The van der Waals surface area contributed by atoms with Crippen LogP contribution in [-0.4, -0.2) is 36.5 Å². The number of carbonyl (C=O) groups is 1. The summed E-state index contributed by atoms with van der Waals surface area (Å²) in [5, 5.41) is 3.42. The van der Waals surface area contributed by atoms with Crippen molar-refractivity contribution in [3.63, 3.8) is 0 Å². The summed E-state index contributed by atoms with van der Waals surface area (Å²) in [5.41, 5.74) is 1.06. The Labute approximate surface area is 128 Å². The van der Waals surface area contributed by atoms with Gasteiger partial charge in [0.05, 0.1) is 0 Å². The fraction of sp³-hybridized carbons (Fsp3) is 0.500. The highest BCUT2D eigenvalue weighted by Crippen LogP contribution is 2.14. The number of benzene rings is 1. The number of rotatable bonds is 5. The average molecular weight is 286 g/mol. The van der Waals surface area contributed by atoms with Gasteiger partial charge in [-0.15, -0.1) is 0 Å².